The molecule has 176 valence electrons. The van der Waals surface area contributed by atoms with E-state index in [1.807, 2.05) is 41.5 Å². The second kappa shape index (κ2) is 13.1. The lowest BCUT2D eigenvalue weighted by Crippen LogP contribution is -2.35. The monoisotopic (exact) mass is 457 g/mol. The first kappa shape index (κ1) is 29.4. The van der Waals surface area contributed by atoms with E-state index in [1.165, 1.54) is 0 Å². The highest BCUT2D eigenvalue weighted by molar-refractivity contribution is 7.69. The van der Waals surface area contributed by atoms with Gasteiger partial charge in [0.1, 0.15) is 14.2 Å². The van der Waals surface area contributed by atoms with Gasteiger partial charge in [0.15, 0.2) is 0 Å². The standard InChI is InChI=1S/C20H45NO6P2/c1-17(2)21(18(3)4)28(25-15-14-24-13-12-23-11)16-29(22,26-19(5,6)7)27-20(8,9)10/h17-18H,12-16H2,1-11H3. The molecule has 0 aromatic heterocycles. The van der Waals surface area contributed by atoms with E-state index in [0.29, 0.717) is 26.4 Å². The van der Waals surface area contributed by atoms with E-state index >= 15 is 0 Å². The summed E-state index contributed by atoms with van der Waals surface area (Å²) in [6.07, 6.45) is 0. The second-order valence-corrected chi connectivity index (χ2v) is 13.7. The summed E-state index contributed by atoms with van der Waals surface area (Å²) in [6.45, 7) is 21.8. The maximum absolute atomic E-state index is 13.8. The molecule has 0 bridgehead atoms. The quantitative estimate of drug-likeness (QED) is 0.238. The molecule has 0 spiro atoms. The van der Waals surface area contributed by atoms with Crippen molar-refractivity contribution >= 4 is 15.9 Å². The van der Waals surface area contributed by atoms with E-state index in [-0.39, 0.29) is 18.0 Å². The number of rotatable bonds is 14. The molecule has 0 aliphatic rings. The SMILES string of the molecule is COCCOCCOP(CP(=O)(OC(C)(C)C)OC(C)(C)C)N(C(C)C)C(C)C. The Kier molecular flexibility index (Phi) is 13.3. The van der Waals surface area contributed by atoms with Crippen molar-refractivity contribution in [3.05, 3.63) is 0 Å². The van der Waals surface area contributed by atoms with Crippen molar-refractivity contribution in [3.63, 3.8) is 0 Å². The maximum Gasteiger partial charge on any atom is 0.339 e. The number of ether oxygens (including phenoxy) is 2. The molecule has 0 heterocycles. The third kappa shape index (κ3) is 14.2. The first-order valence-electron chi connectivity index (χ1n) is 10.4. The fourth-order valence-corrected chi connectivity index (χ4v) is 8.51. The van der Waals surface area contributed by atoms with Crippen molar-refractivity contribution in [3.8, 4) is 0 Å². The van der Waals surface area contributed by atoms with Crippen LogP contribution in [0.2, 0.25) is 0 Å². The van der Waals surface area contributed by atoms with Crippen LogP contribution in [0.3, 0.4) is 0 Å². The molecule has 0 amide bonds. The molecule has 0 aromatic rings. The van der Waals surface area contributed by atoms with Gasteiger partial charge in [0.2, 0.25) is 0 Å². The molecule has 0 aliphatic heterocycles. The van der Waals surface area contributed by atoms with Crippen LogP contribution >= 0.6 is 15.9 Å². The van der Waals surface area contributed by atoms with Gasteiger partial charge in [-0.2, -0.15) is 0 Å². The second-order valence-electron chi connectivity index (χ2n) is 9.52. The molecule has 9 heteroatoms. The zero-order valence-electron chi connectivity index (χ0n) is 20.5. The molecular weight excluding hydrogens is 412 g/mol. The Morgan fingerprint density at radius 2 is 1.28 bits per heavy atom. The molecular formula is C20H45NO6P2. The minimum Gasteiger partial charge on any atom is -0.382 e. The molecule has 0 aliphatic carbocycles. The third-order valence-electron chi connectivity index (χ3n) is 3.34. The van der Waals surface area contributed by atoms with Crippen LogP contribution in [0.4, 0.5) is 0 Å². The number of hydrogen-bond donors (Lipinski definition) is 0. The molecule has 0 saturated heterocycles. The fraction of sp³-hybridized carbons (Fsp3) is 1.00. The van der Waals surface area contributed by atoms with Crippen LogP contribution in [-0.2, 0) is 27.6 Å². The van der Waals surface area contributed by atoms with Crippen molar-refractivity contribution in [2.24, 2.45) is 0 Å². The van der Waals surface area contributed by atoms with Crippen molar-refractivity contribution in [1.29, 1.82) is 0 Å². The van der Waals surface area contributed by atoms with Crippen LogP contribution in [-0.4, -0.2) is 67.4 Å². The molecule has 0 saturated carbocycles. The van der Waals surface area contributed by atoms with Gasteiger partial charge in [-0.1, -0.05) is 0 Å². The van der Waals surface area contributed by atoms with Gasteiger partial charge in [-0.25, -0.2) is 0 Å². The summed E-state index contributed by atoms with van der Waals surface area (Å²) in [5, 5.41) is 0. The predicted molar refractivity (Wildman–Crippen MR) is 122 cm³/mol. The topological polar surface area (TPSA) is 66.5 Å². The van der Waals surface area contributed by atoms with Crippen LogP contribution in [0.5, 0.6) is 0 Å². The molecule has 0 radical (unpaired) electrons. The van der Waals surface area contributed by atoms with Gasteiger partial charge in [-0.15, -0.1) is 0 Å². The van der Waals surface area contributed by atoms with Crippen molar-refractivity contribution in [2.45, 2.75) is 92.5 Å². The van der Waals surface area contributed by atoms with Crippen LogP contribution in [0.1, 0.15) is 69.2 Å². The molecule has 29 heavy (non-hydrogen) atoms. The summed E-state index contributed by atoms with van der Waals surface area (Å²) >= 11 is 0. The van der Waals surface area contributed by atoms with Gasteiger partial charge in [-0.05, 0) is 69.2 Å². The smallest absolute Gasteiger partial charge is 0.339 e. The van der Waals surface area contributed by atoms with E-state index in [9.17, 15) is 4.57 Å². The minimum absolute atomic E-state index is 0.214. The van der Waals surface area contributed by atoms with Gasteiger partial charge >= 0.3 is 7.60 Å². The average molecular weight is 458 g/mol. The van der Waals surface area contributed by atoms with Gasteiger partial charge in [0, 0.05) is 19.2 Å². The van der Waals surface area contributed by atoms with Crippen LogP contribution in [0, 0.1) is 0 Å². The van der Waals surface area contributed by atoms with Gasteiger partial charge < -0.3 is 23.0 Å². The van der Waals surface area contributed by atoms with Gasteiger partial charge in [0.05, 0.1) is 37.6 Å². The summed E-state index contributed by atoms with van der Waals surface area (Å²) in [7, 11) is -2.99. The minimum atomic E-state index is -3.42. The lowest BCUT2D eigenvalue weighted by Gasteiger charge is -2.40. The zero-order chi connectivity index (χ0) is 22.9. The maximum atomic E-state index is 13.8. The summed E-state index contributed by atoms with van der Waals surface area (Å²) in [5.41, 5.74) is -1.18. The summed E-state index contributed by atoms with van der Waals surface area (Å²) < 4.78 is 44.8. The Morgan fingerprint density at radius 1 is 0.828 bits per heavy atom. The van der Waals surface area contributed by atoms with E-state index in [0.717, 1.165) is 0 Å². The van der Waals surface area contributed by atoms with E-state index < -0.39 is 27.1 Å². The van der Waals surface area contributed by atoms with Crippen molar-refractivity contribution in [2.75, 3.05) is 39.4 Å². The first-order chi connectivity index (χ1) is 13.1. The Labute approximate surface area is 180 Å². The predicted octanol–water partition coefficient (Wildman–Crippen LogP) is 5.88. The van der Waals surface area contributed by atoms with Crippen molar-refractivity contribution < 1.29 is 27.6 Å². The van der Waals surface area contributed by atoms with Gasteiger partial charge in [-0.3, -0.25) is 9.24 Å². The number of methoxy groups -OCH3 is 1. The third-order valence-corrected chi connectivity index (χ3v) is 9.26. The normalized spacial score (nSPS) is 15.0. The van der Waals surface area contributed by atoms with E-state index in [2.05, 4.69) is 32.4 Å². The first-order valence-corrected chi connectivity index (χ1v) is 13.5. The summed E-state index contributed by atoms with van der Waals surface area (Å²) in [6, 6.07) is 0.460. The van der Waals surface area contributed by atoms with E-state index in [4.69, 9.17) is 23.0 Å². The highest BCUT2D eigenvalue weighted by Crippen LogP contribution is 2.64. The number of hydrogen-bond acceptors (Lipinski definition) is 7. The van der Waals surface area contributed by atoms with Crippen LogP contribution in [0.25, 0.3) is 0 Å². The van der Waals surface area contributed by atoms with Gasteiger partial charge in [0.25, 0.3) is 0 Å². The molecule has 7 nitrogen and oxygen atoms in total. The molecule has 1 atom stereocenters. The van der Waals surface area contributed by atoms with Crippen LogP contribution < -0.4 is 0 Å². The highest BCUT2D eigenvalue weighted by Gasteiger charge is 2.41. The average Bonchev–Trinajstić information content (AvgIpc) is 2.45. The number of nitrogens with zero attached hydrogens (tertiary/aromatic N) is 1. The van der Waals surface area contributed by atoms with Crippen molar-refractivity contribution in [1.82, 2.24) is 4.67 Å². The molecule has 0 fully saturated rings. The summed E-state index contributed by atoms with van der Waals surface area (Å²) in [4.78, 5) is 0. The lowest BCUT2D eigenvalue weighted by molar-refractivity contribution is 0.0491. The van der Waals surface area contributed by atoms with Crippen LogP contribution in [0.15, 0.2) is 0 Å². The fourth-order valence-electron chi connectivity index (χ4n) is 2.80. The Morgan fingerprint density at radius 3 is 1.66 bits per heavy atom. The van der Waals surface area contributed by atoms with E-state index in [1.54, 1.807) is 7.11 Å². The zero-order valence-corrected chi connectivity index (χ0v) is 22.3. The summed E-state index contributed by atoms with van der Waals surface area (Å²) in [5.74, 6) is 0.214. The molecule has 0 N–H and O–H groups in total. The highest BCUT2D eigenvalue weighted by atomic mass is 31.2. The molecule has 1 unspecified atom stereocenters. The lowest BCUT2D eigenvalue weighted by atomic mass is 10.2. The Hall–Kier alpha value is 0.420. The molecule has 0 rings (SSSR count). The molecule has 0 aromatic carbocycles. The Balaban J connectivity index is 5.49. The largest absolute Gasteiger partial charge is 0.382 e. The Bertz CT molecular complexity index is 460.